The average Bonchev–Trinajstić information content (AvgIpc) is 2.56. The summed E-state index contributed by atoms with van der Waals surface area (Å²) in [5, 5.41) is 0. The normalized spacial score (nSPS) is 10.4. The molecule has 0 aliphatic rings. The molecule has 4 nitrogen and oxygen atoms in total. The van der Waals surface area contributed by atoms with E-state index in [9.17, 15) is 0 Å². The Bertz CT molecular complexity index is 467. The first kappa shape index (κ1) is 9.21. The van der Waals surface area contributed by atoms with Gasteiger partial charge in [-0.1, -0.05) is 0 Å². The maximum absolute atomic E-state index is 5.50. The minimum absolute atomic E-state index is 0.235. The molecule has 0 aromatic carbocycles. The summed E-state index contributed by atoms with van der Waals surface area (Å²) in [7, 11) is 0. The van der Waals surface area contributed by atoms with Crippen molar-refractivity contribution in [3.8, 4) is 11.5 Å². The minimum atomic E-state index is 0.235. The maximum Gasteiger partial charge on any atom is 0.220 e. The minimum Gasteiger partial charge on any atom is -0.462 e. The van der Waals surface area contributed by atoms with E-state index in [0.717, 1.165) is 10.0 Å². The van der Waals surface area contributed by atoms with E-state index < -0.39 is 0 Å². The highest BCUT2D eigenvalue weighted by Gasteiger charge is 2.11. The van der Waals surface area contributed by atoms with Crippen LogP contribution in [0.5, 0.6) is 0 Å². The second kappa shape index (κ2) is 3.42. The third-order valence-corrected chi connectivity index (χ3v) is 2.42. The number of furan rings is 1. The van der Waals surface area contributed by atoms with Crippen molar-refractivity contribution in [1.82, 2.24) is 9.97 Å². The van der Waals surface area contributed by atoms with Crippen molar-refractivity contribution < 1.29 is 4.42 Å². The highest BCUT2D eigenvalue weighted by molar-refractivity contribution is 9.10. The molecule has 2 heterocycles. The van der Waals surface area contributed by atoms with Crippen molar-refractivity contribution >= 4 is 21.9 Å². The predicted octanol–water partition coefficient (Wildman–Crippen LogP) is 2.39. The molecule has 2 N–H and O–H groups in total. The summed E-state index contributed by atoms with van der Waals surface area (Å²) < 4.78 is 6.08. The molecule has 72 valence electrons. The second-order valence-electron chi connectivity index (χ2n) is 2.86. The van der Waals surface area contributed by atoms with E-state index in [0.29, 0.717) is 11.5 Å². The molecular weight excluding hydrogens is 246 g/mol. The number of halogens is 1. The van der Waals surface area contributed by atoms with Crippen LogP contribution in [0.15, 0.2) is 27.4 Å². The zero-order chi connectivity index (χ0) is 10.1. The monoisotopic (exact) mass is 253 g/mol. The van der Waals surface area contributed by atoms with E-state index in [4.69, 9.17) is 10.2 Å². The van der Waals surface area contributed by atoms with E-state index in [1.54, 1.807) is 12.5 Å². The number of nitrogen functional groups attached to an aromatic ring is 1. The number of rotatable bonds is 1. The van der Waals surface area contributed by atoms with Gasteiger partial charge < -0.3 is 10.2 Å². The van der Waals surface area contributed by atoms with Gasteiger partial charge in [0.05, 0.1) is 10.7 Å². The van der Waals surface area contributed by atoms with Gasteiger partial charge in [0.15, 0.2) is 5.76 Å². The molecule has 0 spiro atoms. The SMILES string of the molecule is Cc1ccoc1-c1nc(N)ncc1Br. The van der Waals surface area contributed by atoms with Gasteiger partial charge >= 0.3 is 0 Å². The number of aryl methyl sites for hydroxylation is 1. The topological polar surface area (TPSA) is 64.9 Å². The fourth-order valence-corrected chi connectivity index (χ4v) is 1.53. The Hall–Kier alpha value is -1.36. The molecule has 0 atom stereocenters. The van der Waals surface area contributed by atoms with E-state index >= 15 is 0 Å². The number of nitrogens with two attached hydrogens (primary N) is 1. The summed E-state index contributed by atoms with van der Waals surface area (Å²) in [6.07, 6.45) is 3.23. The van der Waals surface area contributed by atoms with Gasteiger partial charge in [0.1, 0.15) is 5.69 Å². The van der Waals surface area contributed by atoms with Crippen LogP contribution in [0.4, 0.5) is 5.95 Å². The Morgan fingerprint density at radius 3 is 2.93 bits per heavy atom. The van der Waals surface area contributed by atoms with Gasteiger partial charge in [-0.05, 0) is 34.5 Å². The van der Waals surface area contributed by atoms with Crippen molar-refractivity contribution in [3.05, 3.63) is 28.6 Å². The Morgan fingerprint density at radius 1 is 1.50 bits per heavy atom. The van der Waals surface area contributed by atoms with Crippen molar-refractivity contribution in [1.29, 1.82) is 0 Å². The Morgan fingerprint density at radius 2 is 2.29 bits per heavy atom. The summed E-state index contributed by atoms with van der Waals surface area (Å²) in [4.78, 5) is 7.96. The molecule has 5 heteroatoms. The smallest absolute Gasteiger partial charge is 0.220 e. The van der Waals surface area contributed by atoms with Crippen LogP contribution in [0.3, 0.4) is 0 Å². The van der Waals surface area contributed by atoms with Crippen LogP contribution in [0.2, 0.25) is 0 Å². The van der Waals surface area contributed by atoms with Crippen LogP contribution in [0, 0.1) is 6.92 Å². The first-order valence-corrected chi connectivity index (χ1v) is 4.80. The molecule has 0 aliphatic carbocycles. The summed E-state index contributed by atoms with van der Waals surface area (Å²) in [6, 6.07) is 1.88. The molecule has 0 saturated carbocycles. The van der Waals surface area contributed by atoms with Gasteiger partial charge in [0.25, 0.3) is 0 Å². The Labute approximate surface area is 89.3 Å². The van der Waals surface area contributed by atoms with Crippen molar-refractivity contribution in [2.75, 3.05) is 5.73 Å². The first-order valence-electron chi connectivity index (χ1n) is 4.01. The molecule has 0 aliphatic heterocycles. The van der Waals surface area contributed by atoms with Crippen LogP contribution in [-0.4, -0.2) is 9.97 Å². The highest BCUT2D eigenvalue weighted by Crippen LogP contribution is 2.29. The highest BCUT2D eigenvalue weighted by atomic mass is 79.9. The first-order chi connectivity index (χ1) is 6.68. The molecule has 0 saturated heterocycles. The molecule has 0 fully saturated rings. The van der Waals surface area contributed by atoms with E-state index in [-0.39, 0.29) is 5.95 Å². The van der Waals surface area contributed by atoms with Crippen molar-refractivity contribution in [2.24, 2.45) is 0 Å². The largest absolute Gasteiger partial charge is 0.462 e. The van der Waals surface area contributed by atoms with Gasteiger partial charge in [0, 0.05) is 6.20 Å². The lowest BCUT2D eigenvalue weighted by Crippen LogP contribution is -1.96. The summed E-state index contributed by atoms with van der Waals surface area (Å²) in [5.74, 6) is 0.949. The lowest BCUT2D eigenvalue weighted by Gasteiger charge is -2.01. The van der Waals surface area contributed by atoms with E-state index in [2.05, 4.69) is 25.9 Å². The lowest BCUT2D eigenvalue weighted by atomic mass is 10.2. The molecule has 2 aromatic rings. The van der Waals surface area contributed by atoms with Gasteiger partial charge in [-0.2, -0.15) is 0 Å². The zero-order valence-corrected chi connectivity index (χ0v) is 9.08. The van der Waals surface area contributed by atoms with Crippen LogP contribution >= 0.6 is 15.9 Å². The number of hydrogen-bond donors (Lipinski definition) is 1. The number of aromatic nitrogens is 2. The summed E-state index contributed by atoms with van der Waals surface area (Å²) in [6.45, 7) is 1.95. The maximum atomic E-state index is 5.50. The van der Waals surface area contributed by atoms with Crippen LogP contribution in [0.1, 0.15) is 5.56 Å². The third-order valence-electron chi connectivity index (χ3n) is 1.84. The van der Waals surface area contributed by atoms with Crippen molar-refractivity contribution in [2.45, 2.75) is 6.92 Å². The Balaban J connectivity index is 2.62. The van der Waals surface area contributed by atoms with Gasteiger partial charge in [-0.25, -0.2) is 9.97 Å². The molecule has 0 radical (unpaired) electrons. The molecule has 0 unspecified atom stereocenters. The van der Waals surface area contributed by atoms with E-state index in [1.807, 2.05) is 13.0 Å². The summed E-state index contributed by atoms with van der Waals surface area (Å²) >= 11 is 3.35. The number of anilines is 1. The van der Waals surface area contributed by atoms with E-state index in [1.165, 1.54) is 0 Å². The molecule has 2 aromatic heterocycles. The predicted molar refractivity (Wildman–Crippen MR) is 56.6 cm³/mol. The van der Waals surface area contributed by atoms with Crippen LogP contribution in [0.25, 0.3) is 11.5 Å². The lowest BCUT2D eigenvalue weighted by molar-refractivity contribution is 0.578. The van der Waals surface area contributed by atoms with Crippen molar-refractivity contribution in [3.63, 3.8) is 0 Å². The average molecular weight is 254 g/mol. The summed E-state index contributed by atoms with van der Waals surface area (Å²) in [5.41, 5.74) is 7.20. The molecule has 14 heavy (non-hydrogen) atoms. The van der Waals surface area contributed by atoms with Gasteiger partial charge in [0.2, 0.25) is 5.95 Å². The second-order valence-corrected chi connectivity index (χ2v) is 3.71. The fraction of sp³-hybridized carbons (Fsp3) is 0.111. The van der Waals surface area contributed by atoms with Crippen LogP contribution < -0.4 is 5.73 Å². The van der Waals surface area contributed by atoms with Gasteiger partial charge in [-0.15, -0.1) is 0 Å². The fourth-order valence-electron chi connectivity index (χ4n) is 1.16. The number of nitrogens with zero attached hydrogens (tertiary/aromatic N) is 2. The molecule has 2 rings (SSSR count). The molecule has 0 bridgehead atoms. The molecule has 0 amide bonds. The molecular formula is C9H8BrN3O. The zero-order valence-electron chi connectivity index (χ0n) is 7.49. The van der Waals surface area contributed by atoms with Gasteiger partial charge in [-0.3, -0.25) is 0 Å². The quantitative estimate of drug-likeness (QED) is 0.848. The number of hydrogen-bond acceptors (Lipinski definition) is 4. The van der Waals surface area contributed by atoms with Crippen LogP contribution in [-0.2, 0) is 0 Å². The third kappa shape index (κ3) is 1.50. The standard InChI is InChI=1S/C9H8BrN3O/c1-5-2-3-14-8(5)7-6(10)4-12-9(11)13-7/h2-4H,1H3,(H2,11,12,13). The Kier molecular flexibility index (Phi) is 2.25.